The highest BCUT2D eigenvalue weighted by molar-refractivity contribution is 6.07. The molecule has 0 aliphatic heterocycles. The Morgan fingerprint density at radius 1 is 0.629 bits per heavy atom. The second-order valence-electron chi connectivity index (χ2n) is 7.97. The van der Waals surface area contributed by atoms with Crippen molar-refractivity contribution in [3.63, 3.8) is 0 Å². The van der Waals surface area contributed by atoms with Crippen molar-refractivity contribution in [3.05, 3.63) is 72.8 Å². The van der Waals surface area contributed by atoms with Crippen LogP contribution in [0.3, 0.4) is 0 Å². The maximum atomic E-state index is 10.7. The van der Waals surface area contributed by atoms with Gasteiger partial charge in [-0.3, -0.25) is 15.0 Å². The van der Waals surface area contributed by atoms with Crippen LogP contribution in [0.1, 0.15) is 5.69 Å². The molecule has 0 amide bonds. The number of benzene rings is 2. The van der Waals surface area contributed by atoms with Gasteiger partial charge in [0.05, 0.1) is 19.9 Å². The Hall–Kier alpha value is -4.72. The van der Waals surface area contributed by atoms with E-state index in [2.05, 4.69) is 15.0 Å². The van der Waals surface area contributed by atoms with Crippen molar-refractivity contribution in [2.45, 2.75) is 6.61 Å². The van der Waals surface area contributed by atoms with E-state index < -0.39 is 0 Å². The number of pyridine rings is 4. The lowest BCUT2D eigenvalue weighted by Gasteiger charge is -2.12. The van der Waals surface area contributed by atoms with Crippen LogP contribution in [0.5, 0.6) is 23.0 Å². The van der Waals surface area contributed by atoms with Crippen molar-refractivity contribution >= 4 is 43.6 Å². The molecular weight excluding hydrogens is 444 g/mol. The normalized spacial score (nSPS) is 11.4. The average molecular weight is 464 g/mol. The van der Waals surface area contributed by atoms with Crippen LogP contribution in [0, 0.1) is 0 Å². The van der Waals surface area contributed by atoms with Crippen LogP contribution in [0.2, 0.25) is 0 Å². The standard InChI is InChI=1S/C27H20N4O4/c1-33-21-7-10-28-24-17(21)5-6-19-23(9-12-29-25(19)24)35-14-15-13-20(32)16-3-4-18-22(34-2)8-11-30-26(18)27(16)31-15/h3-13H,14H2,1-2H3,(H,31,32). The van der Waals surface area contributed by atoms with E-state index in [1.807, 2.05) is 30.3 Å². The molecule has 8 heteroatoms. The highest BCUT2D eigenvalue weighted by Crippen LogP contribution is 2.35. The third-order valence-electron chi connectivity index (χ3n) is 6.04. The molecule has 2 aromatic carbocycles. The van der Waals surface area contributed by atoms with Crippen molar-refractivity contribution in [1.82, 2.24) is 19.9 Å². The molecule has 172 valence electrons. The third kappa shape index (κ3) is 3.38. The molecular formula is C27H20N4O4. The lowest BCUT2D eigenvalue weighted by molar-refractivity contribution is 0.304. The van der Waals surface area contributed by atoms with Gasteiger partial charge < -0.3 is 19.3 Å². The number of hydrogen-bond acceptors (Lipinski definition) is 8. The summed E-state index contributed by atoms with van der Waals surface area (Å²) in [6.07, 6.45) is 5.05. The Kier molecular flexibility index (Phi) is 4.92. The molecule has 8 nitrogen and oxygen atoms in total. The number of nitrogens with zero attached hydrogens (tertiary/aromatic N) is 4. The zero-order valence-corrected chi connectivity index (χ0v) is 19.0. The van der Waals surface area contributed by atoms with Crippen LogP contribution in [0.15, 0.2) is 67.1 Å². The van der Waals surface area contributed by atoms with Gasteiger partial charge >= 0.3 is 0 Å². The van der Waals surface area contributed by atoms with E-state index in [0.29, 0.717) is 33.6 Å². The fraction of sp³-hybridized carbons (Fsp3) is 0.111. The number of aromatic nitrogens is 4. The van der Waals surface area contributed by atoms with Crippen LogP contribution in [-0.4, -0.2) is 39.3 Å². The van der Waals surface area contributed by atoms with Crippen molar-refractivity contribution < 1.29 is 19.3 Å². The minimum atomic E-state index is 0.113. The van der Waals surface area contributed by atoms with Crippen LogP contribution in [0.25, 0.3) is 43.6 Å². The van der Waals surface area contributed by atoms with E-state index in [0.717, 1.165) is 32.9 Å². The molecule has 0 fully saturated rings. The molecule has 0 saturated heterocycles. The van der Waals surface area contributed by atoms with Gasteiger partial charge in [0.2, 0.25) is 0 Å². The van der Waals surface area contributed by atoms with Crippen LogP contribution >= 0.6 is 0 Å². The predicted octanol–water partition coefficient (Wildman–Crippen LogP) is 5.18. The molecule has 0 saturated carbocycles. The maximum Gasteiger partial charge on any atom is 0.130 e. The van der Waals surface area contributed by atoms with E-state index in [-0.39, 0.29) is 12.4 Å². The summed E-state index contributed by atoms with van der Waals surface area (Å²) in [5.74, 6) is 2.18. The summed E-state index contributed by atoms with van der Waals surface area (Å²) in [4.78, 5) is 18.3. The summed E-state index contributed by atoms with van der Waals surface area (Å²) in [6, 6.07) is 14.6. The van der Waals surface area contributed by atoms with Crippen LogP contribution in [-0.2, 0) is 6.61 Å². The molecule has 6 aromatic rings. The Labute approximate surface area is 199 Å². The summed E-state index contributed by atoms with van der Waals surface area (Å²) in [6.45, 7) is 0.145. The van der Waals surface area contributed by atoms with E-state index >= 15 is 0 Å². The lowest BCUT2D eigenvalue weighted by atomic mass is 10.1. The Morgan fingerprint density at radius 2 is 1.11 bits per heavy atom. The van der Waals surface area contributed by atoms with Crippen molar-refractivity contribution in [2.24, 2.45) is 0 Å². The summed E-state index contributed by atoms with van der Waals surface area (Å²) in [5, 5.41) is 13.8. The summed E-state index contributed by atoms with van der Waals surface area (Å²) in [7, 11) is 3.24. The van der Waals surface area contributed by atoms with Gasteiger partial charge in [-0.25, -0.2) is 4.98 Å². The summed E-state index contributed by atoms with van der Waals surface area (Å²) >= 11 is 0. The second kappa shape index (κ2) is 8.25. The molecule has 4 aromatic heterocycles. The van der Waals surface area contributed by atoms with E-state index in [9.17, 15) is 5.11 Å². The number of hydrogen-bond donors (Lipinski definition) is 1. The van der Waals surface area contributed by atoms with Gasteiger partial charge in [-0.1, -0.05) is 0 Å². The third-order valence-corrected chi connectivity index (χ3v) is 6.04. The molecule has 35 heavy (non-hydrogen) atoms. The zero-order chi connectivity index (χ0) is 23.9. The highest BCUT2D eigenvalue weighted by atomic mass is 16.5. The highest BCUT2D eigenvalue weighted by Gasteiger charge is 2.14. The fourth-order valence-electron chi connectivity index (χ4n) is 4.39. The number of rotatable bonds is 5. The van der Waals surface area contributed by atoms with Gasteiger partial charge in [0.1, 0.15) is 51.7 Å². The second-order valence-corrected chi connectivity index (χ2v) is 7.97. The molecule has 0 radical (unpaired) electrons. The van der Waals surface area contributed by atoms with Gasteiger partial charge in [0.25, 0.3) is 0 Å². The monoisotopic (exact) mass is 464 g/mol. The SMILES string of the molecule is COc1ccnc2c1ccc1c(O)cc(COc3ccnc4c3ccc3c(OC)ccnc34)nc12. The van der Waals surface area contributed by atoms with Gasteiger partial charge in [-0.15, -0.1) is 0 Å². The predicted molar refractivity (Wildman–Crippen MR) is 133 cm³/mol. The van der Waals surface area contributed by atoms with Gasteiger partial charge in [0.15, 0.2) is 0 Å². The van der Waals surface area contributed by atoms with Crippen LogP contribution < -0.4 is 14.2 Å². The minimum Gasteiger partial charge on any atom is -0.507 e. The smallest absolute Gasteiger partial charge is 0.130 e. The molecule has 6 rings (SSSR count). The van der Waals surface area contributed by atoms with Gasteiger partial charge in [0, 0.05) is 46.2 Å². The molecule has 0 aliphatic rings. The number of ether oxygens (including phenoxy) is 3. The Bertz CT molecular complexity index is 1750. The van der Waals surface area contributed by atoms with Crippen molar-refractivity contribution in [1.29, 1.82) is 0 Å². The topological polar surface area (TPSA) is 99.5 Å². The first kappa shape index (κ1) is 20.9. The fourth-order valence-corrected chi connectivity index (χ4v) is 4.39. The number of fused-ring (bicyclic) bond motifs is 6. The number of aromatic hydroxyl groups is 1. The summed E-state index contributed by atoms with van der Waals surface area (Å²) < 4.78 is 17.1. The average Bonchev–Trinajstić information content (AvgIpc) is 2.90. The maximum absolute atomic E-state index is 10.7. The first-order valence-electron chi connectivity index (χ1n) is 11.0. The lowest BCUT2D eigenvalue weighted by Crippen LogP contribution is -2.00. The molecule has 0 aliphatic carbocycles. The zero-order valence-electron chi connectivity index (χ0n) is 19.0. The molecule has 0 atom stereocenters. The molecule has 0 unspecified atom stereocenters. The quantitative estimate of drug-likeness (QED) is 0.348. The molecule has 0 bridgehead atoms. The van der Waals surface area contributed by atoms with Crippen molar-refractivity contribution in [2.75, 3.05) is 14.2 Å². The number of methoxy groups -OCH3 is 2. The van der Waals surface area contributed by atoms with E-state index in [4.69, 9.17) is 19.2 Å². The molecule has 0 spiro atoms. The summed E-state index contributed by atoms with van der Waals surface area (Å²) in [5.41, 5.74) is 3.26. The molecule has 4 heterocycles. The van der Waals surface area contributed by atoms with Crippen molar-refractivity contribution in [3.8, 4) is 23.0 Å². The first-order valence-corrected chi connectivity index (χ1v) is 11.0. The largest absolute Gasteiger partial charge is 0.507 e. The molecule has 1 N–H and O–H groups in total. The Morgan fingerprint density at radius 3 is 1.69 bits per heavy atom. The van der Waals surface area contributed by atoms with Gasteiger partial charge in [-0.05, 0) is 42.5 Å². The van der Waals surface area contributed by atoms with E-state index in [1.165, 1.54) is 0 Å². The van der Waals surface area contributed by atoms with E-state index in [1.54, 1.807) is 51.0 Å². The van der Waals surface area contributed by atoms with Crippen LogP contribution in [0.4, 0.5) is 0 Å². The Balaban J connectivity index is 1.41. The first-order chi connectivity index (χ1) is 17.2. The minimum absolute atomic E-state index is 0.113. The van der Waals surface area contributed by atoms with Gasteiger partial charge in [-0.2, -0.15) is 0 Å².